The topological polar surface area (TPSA) is 87.2 Å². The molecular weight excluding hydrogens is 306 g/mol. The minimum atomic E-state index is -0.642. The molecule has 0 aliphatic rings. The van der Waals surface area contributed by atoms with E-state index in [-0.39, 0.29) is 11.3 Å². The Morgan fingerprint density at radius 3 is 2.38 bits per heavy atom. The van der Waals surface area contributed by atoms with E-state index in [4.69, 9.17) is 0 Å². The van der Waals surface area contributed by atoms with E-state index >= 15 is 0 Å². The Hall–Kier alpha value is -3.47. The highest BCUT2D eigenvalue weighted by molar-refractivity contribution is 6.11. The number of ketones is 1. The molecule has 24 heavy (non-hydrogen) atoms. The van der Waals surface area contributed by atoms with Gasteiger partial charge in [-0.3, -0.25) is 14.4 Å². The SMILES string of the molecule is O=Cc1ccc(/C=C/C(=O)c2c(O)c3ccccc3[nH]c2=O)cc1. The van der Waals surface area contributed by atoms with E-state index in [9.17, 15) is 19.5 Å². The largest absolute Gasteiger partial charge is 0.506 e. The van der Waals surface area contributed by atoms with Crippen LogP contribution in [0.15, 0.2) is 59.4 Å². The van der Waals surface area contributed by atoms with Gasteiger partial charge in [0.2, 0.25) is 0 Å². The van der Waals surface area contributed by atoms with E-state index in [1.807, 2.05) is 0 Å². The minimum absolute atomic E-state index is 0.297. The highest BCUT2D eigenvalue weighted by atomic mass is 16.3. The van der Waals surface area contributed by atoms with Crippen LogP contribution in [0.1, 0.15) is 26.3 Å². The van der Waals surface area contributed by atoms with E-state index in [1.54, 1.807) is 48.5 Å². The van der Waals surface area contributed by atoms with Gasteiger partial charge in [-0.2, -0.15) is 0 Å². The van der Waals surface area contributed by atoms with Gasteiger partial charge in [0.1, 0.15) is 17.6 Å². The Morgan fingerprint density at radius 2 is 1.67 bits per heavy atom. The van der Waals surface area contributed by atoms with Crippen LogP contribution in [-0.2, 0) is 0 Å². The molecule has 0 saturated heterocycles. The number of aromatic hydroxyl groups is 1. The number of hydrogen-bond acceptors (Lipinski definition) is 4. The quantitative estimate of drug-likeness (QED) is 0.440. The van der Waals surface area contributed by atoms with Crippen molar-refractivity contribution in [2.45, 2.75) is 0 Å². The van der Waals surface area contributed by atoms with Crippen molar-refractivity contribution < 1.29 is 14.7 Å². The number of rotatable bonds is 4. The van der Waals surface area contributed by atoms with Crippen molar-refractivity contribution in [3.8, 4) is 5.75 Å². The highest BCUT2D eigenvalue weighted by Gasteiger charge is 2.16. The molecule has 1 heterocycles. The molecule has 1 aromatic heterocycles. The lowest BCUT2D eigenvalue weighted by Crippen LogP contribution is -2.16. The molecule has 2 aromatic carbocycles. The molecule has 0 aliphatic heterocycles. The molecule has 118 valence electrons. The Morgan fingerprint density at radius 1 is 1.00 bits per heavy atom. The lowest BCUT2D eigenvalue weighted by Gasteiger charge is -2.04. The Bertz CT molecular complexity index is 1010. The van der Waals surface area contributed by atoms with Gasteiger partial charge in [0.15, 0.2) is 5.78 Å². The van der Waals surface area contributed by atoms with Crippen LogP contribution in [0.4, 0.5) is 0 Å². The lowest BCUT2D eigenvalue weighted by atomic mass is 10.1. The molecule has 0 bridgehead atoms. The number of allylic oxidation sites excluding steroid dienone is 1. The maximum Gasteiger partial charge on any atom is 0.263 e. The van der Waals surface area contributed by atoms with Crippen LogP contribution in [0.5, 0.6) is 5.75 Å². The monoisotopic (exact) mass is 319 g/mol. The number of aromatic nitrogens is 1. The Labute approximate surface area is 136 Å². The van der Waals surface area contributed by atoms with Gasteiger partial charge in [0, 0.05) is 10.9 Å². The van der Waals surface area contributed by atoms with Gasteiger partial charge in [-0.05, 0) is 23.8 Å². The zero-order chi connectivity index (χ0) is 17.1. The molecule has 5 nitrogen and oxygen atoms in total. The maximum atomic E-state index is 12.3. The molecule has 0 spiro atoms. The number of aldehydes is 1. The van der Waals surface area contributed by atoms with Crippen LogP contribution in [0.2, 0.25) is 0 Å². The van der Waals surface area contributed by atoms with Gasteiger partial charge < -0.3 is 10.1 Å². The van der Waals surface area contributed by atoms with Crippen LogP contribution >= 0.6 is 0 Å². The summed E-state index contributed by atoms with van der Waals surface area (Å²) >= 11 is 0. The second-order valence-electron chi connectivity index (χ2n) is 5.21. The van der Waals surface area contributed by atoms with E-state index in [0.717, 1.165) is 6.29 Å². The fourth-order valence-electron chi connectivity index (χ4n) is 2.40. The van der Waals surface area contributed by atoms with Gasteiger partial charge in [-0.15, -0.1) is 0 Å². The number of benzene rings is 2. The molecule has 0 aliphatic carbocycles. The summed E-state index contributed by atoms with van der Waals surface area (Å²) in [6.45, 7) is 0. The van der Waals surface area contributed by atoms with Crippen molar-refractivity contribution in [3.05, 3.63) is 81.7 Å². The normalized spacial score (nSPS) is 11.0. The number of carbonyl (C=O) groups is 2. The fourth-order valence-corrected chi connectivity index (χ4v) is 2.40. The zero-order valence-electron chi connectivity index (χ0n) is 12.5. The van der Waals surface area contributed by atoms with Crippen LogP contribution in [0.3, 0.4) is 0 Å². The Balaban J connectivity index is 1.97. The van der Waals surface area contributed by atoms with Crippen molar-refractivity contribution >= 4 is 29.0 Å². The van der Waals surface area contributed by atoms with E-state index in [2.05, 4.69) is 4.98 Å². The van der Waals surface area contributed by atoms with E-state index < -0.39 is 11.3 Å². The summed E-state index contributed by atoms with van der Waals surface area (Å²) in [5.41, 5.74) is 0.754. The first-order valence-electron chi connectivity index (χ1n) is 7.22. The number of para-hydroxylation sites is 1. The first-order valence-corrected chi connectivity index (χ1v) is 7.22. The number of hydrogen-bond donors (Lipinski definition) is 2. The third-order valence-electron chi connectivity index (χ3n) is 3.64. The number of nitrogens with one attached hydrogen (secondary N) is 1. The van der Waals surface area contributed by atoms with Gasteiger partial charge in [-0.1, -0.05) is 42.5 Å². The smallest absolute Gasteiger partial charge is 0.263 e. The predicted molar refractivity (Wildman–Crippen MR) is 91.4 cm³/mol. The highest BCUT2D eigenvalue weighted by Crippen LogP contribution is 2.25. The van der Waals surface area contributed by atoms with Crippen LogP contribution in [-0.4, -0.2) is 22.2 Å². The lowest BCUT2D eigenvalue weighted by molar-refractivity contribution is 0.104. The summed E-state index contributed by atoms with van der Waals surface area (Å²) in [7, 11) is 0. The van der Waals surface area contributed by atoms with Gasteiger partial charge in [0.25, 0.3) is 5.56 Å². The van der Waals surface area contributed by atoms with Crippen molar-refractivity contribution in [2.75, 3.05) is 0 Å². The summed E-state index contributed by atoms with van der Waals surface area (Å²) in [6.07, 6.45) is 3.46. The summed E-state index contributed by atoms with van der Waals surface area (Å²) in [5.74, 6) is -0.931. The van der Waals surface area contributed by atoms with Crippen LogP contribution < -0.4 is 5.56 Å². The third-order valence-corrected chi connectivity index (χ3v) is 3.64. The fraction of sp³-hybridized carbons (Fsp3) is 0. The average Bonchev–Trinajstić information content (AvgIpc) is 2.60. The minimum Gasteiger partial charge on any atom is -0.506 e. The molecule has 2 N–H and O–H groups in total. The summed E-state index contributed by atoms with van der Waals surface area (Å²) in [5, 5.41) is 10.7. The second-order valence-corrected chi connectivity index (χ2v) is 5.21. The first kappa shape index (κ1) is 15.4. The molecule has 0 amide bonds. The predicted octanol–water partition coefficient (Wildman–Crippen LogP) is 2.94. The number of pyridine rings is 1. The molecule has 3 aromatic rings. The van der Waals surface area contributed by atoms with E-state index in [1.165, 1.54) is 12.2 Å². The number of fused-ring (bicyclic) bond motifs is 1. The van der Waals surface area contributed by atoms with Crippen molar-refractivity contribution in [2.24, 2.45) is 0 Å². The van der Waals surface area contributed by atoms with Crippen molar-refractivity contribution in [3.63, 3.8) is 0 Å². The number of H-pyrrole nitrogens is 1. The first-order chi connectivity index (χ1) is 11.6. The molecule has 3 rings (SSSR count). The van der Waals surface area contributed by atoms with Gasteiger partial charge in [-0.25, -0.2) is 0 Å². The summed E-state index contributed by atoms with van der Waals surface area (Å²) in [4.78, 5) is 37.6. The van der Waals surface area contributed by atoms with E-state index in [0.29, 0.717) is 22.0 Å². The third kappa shape index (κ3) is 2.87. The molecular formula is C19H13NO4. The molecule has 0 atom stereocenters. The molecule has 0 fully saturated rings. The van der Waals surface area contributed by atoms with Crippen molar-refractivity contribution in [1.82, 2.24) is 4.98 Å². The number of carbonyl (C=O) groups excluding carboxylic acids is 2. The Kier molecular flexibility index (Phi) is 4.07. The summed E-state index contributed by atoms with van der Waals surface area (Å²) < 4.78 is 0. The molecule has 5 heteroatoms. The average molecular weight is 319 g/mol. The van der Waals surface area contributed by atoms with Crippen LogP contribution in [0, 0.1) is 0 Å². The maximum absolute atomic E-state index is 12.3. The zero-order valence-corrected chi connectivity index (χ0v) is 12.5. The standard InChI is InChI=1S/C19H13NO4/c21-11-13-7-5-12(6-8-13)9-10-16(22)17-18(23)14-3-1-2-4-15(14)20-19(17)24/h1-11H,(H2,20,23,24)/b10-9+. The van der Waals surface area contributed by atoms with Crippen LogP contribution in [0.25, 0.3) is 17.0 Å². The molecule has 0 radical (unpaired) electrons. The summed E-state index contributed by atoms with van der Waals surface area (Å²) in [6, 6.07) is 13.3. The van der Waals surface area contributed by atoms with Gasteiger partial charge >= 0.3 is 0 Å². The second kappa shape index (κ2) is 6.34. The molecule has 0 saturated carbocycles. The van der Waals surface area contributed by atoms with Crippen molar-refractivity contribution in [1.29, 1.82) is 0 Å². The van der Waals surface area contributed by atoms with Gasteiger partial charge in [0.05, 0.1) is 5.52 Å². The molecule has 0 unspecified atom stereocenters. The number of aromatic amines is 1.